The molecule has 0 spiro atoms. The van der Waals surface area contributed by atoms with Crippen LogP contribution < -0.4 is 0 Å². The topological polar surface area (TPSA) is 90.2 Å². The van der Waals surface area contributed by atoms with Crippen LogP contribution in [0.25, 0.3) is 0 Å². The van der Waals surface area contributed by atoms with Crippen molar-refractivity contribution in [1.82, 2.24) is 5.01 Å². The molecule has 0 radical (unpaired) electrons. The van der Waals surface area contributed by atoms with Gasteiger partial charge >= 0.3 is 5.97 Å². The number of nitrogens with zero attached hydrogens (tertiary/aromatic N) is 2. The number of hydrogen-bond donors (Lipinski definition) is 2. The number of carbonyl (C=O) groups is 1. The molecule has 0 fully saturated rings. The normalized spacial score (nSPS) is 9.79. The average Bonchev–Trinajstić information content (AvgIpc) is 2.15. The quantitative estimate of drug-likeness (QED) is 0.326. The van der Waals surface area contributed by atoms with Gasteiger partial charge in [-0.3, -0.25) is 9.80 Å². The molecule has 0 aliphatic rings. The van der Waals surface area contributed by atoms with Crippen molar-refractivity contribution in [3.63, 3.8) is 0 Å². The molecule has 0 aliphatic heterocycles. The summed E-state index contributed by atoms with van der Waals surface area (Å²) in [5.41, 5.74) is 0. The van der Waals surface area contributed by atoms with E-state index >= 15 is 0 Å². The smallest absolute Gasteiger partial charge is 0.303 e. The van der Waals surface area contributed by atoms with Crippen molar-refractivity contribution in [3.8, 4) is 0 Å². The fourth-order valence-corrected chi connectivity index (χ4v) is 1.01. The fraction of sp³-hybridized carbons (Fsp3) is 0.875. The summed E-state index contributed by atoms with van der Waals surface area (Å²) in [7, 11) is 0. The number of carboxylic acids is 1. The van der Waals surface area contributed by atoms with Crippen LogP contribution in [0.2, 0.25) is 0 Å². The molecule has 82 valence electrons. The van der Waals surface area contributed by atoms with Gasteiger partial charge < -0.3 is 10.2 Å². The molecule has 0 aromatic heterocycles. The van der Waals surface area contributed by atoms with Crippen molar-refractivity contribution >= 4 is 5.97 Å². The lowest BCUT2D eigenvalue weighted by Crippen LogP contribution is -2.20. The largest absolute Gasteiger partial charge is 0.481 e. The highest BCUT2D eigenvalue weighted by atomic mass is 16.4. The lowest BCUT2D eigenvalue weighted by atomic mass is 10.3. The summed E-state index contributed by atoms with van der Waals surface area (Å²) < 4.78 is 0. The van der Waals surface area contributed by atoms with Crippen LogP contribution in [0.5, 0.6) is 0 Å². The van der Waals surface area contributed by atoms with E-state index in [1.165, 1.54) is 5.01 Å². The second-order valence-corrected chi connectivity index (χ2v) is 2.96. The molecule has 0 aromatic rings. The van der Waals surface area contributed by atoms with Crippen LogP contribution in [-0.4, -0.2) is 40.9 Å². The van der Waals surface area contributed by atoms with E-state index in [-0.39, 0.29) is 13.0 Å². The Labute approximate surface area is 82.5 Å². The molecule has 0 aliphatic carbocycles. The zero-order chi connectivity index (χ0) is 10.8. The van der Waals surface area contributed by atoms with Gasteiger partial charge in [0.1, 0.15) is 0 Å². The Kier molecular flexibility index (Phi) is 7.72. The molecule has 14 heavy (non-hydrogen) atoms. The monoisotopic (exact) mass is 204 g/mol. The van der Waals surface area contributed by atoms with Gasteiger partial charge in [0.15, 0.2) is 0 Å². The van der Waals surface area contributed by atoms with Gasteiger partial charge in [-0.2, -0.15) is 0 Å². The van der Waals surface area contributed by atoms with E-state index in [0.717, 1.165) is 0 Å². The van der Waals surface area contributed by atoms with Gasteiger partial charge in [-0.15, -0.1) is 4.91 Å². The predicted molar refractivity (Wildman–Crippen MR) is 50.6 cm³/mol. The van der Waals surface area contributed by atoms with Gasteiger partial charge in [-0.25, -0.2) is 0 Å². The highest BCUT2D eigenvalue weighted by Crippen LogP contribution is 1.99. The van der Waals surface area contributed by atoms with Gasteiger partial charge in [0.2, 0.25) is 0 Å². The molecule has 0 bridgehead atoms. The second kappa shape index (κ2) is 8.43. The lowest BCUT2D eigenvalue weighted by Gasteiger charge is -2.13. The minimum atomic E-state index is -0.869. The SMILES string of the molecule is O=NN(CCCCO)CCCC(=O)O. The molecule has 0 heterocycles. The Hall–Kier alpha value is -1.17. The van der Waals surface area contributed by atoms with Gasteiger partial charge in [0, 0.05) is 26.1 Å². The Morgan fingerprint density at radius 1 is 1.21 bits per heavy atom. The van der Waals surface area contributed by atoms with Crippen molar-refractivity contribution in [3.05, 3.63) is 4.91 Å². The van der Waals surface area contributed by atoms with Gasteiger partial charge in [-0.05, 0) is 19.3 Å². The first-order chi connectivity index (χ1) is 6.70. The van der Waals surface area contributed by atoms with E-state index < -0.39 is 5.97 Å². The molecule has 0 atom stereocenters. The Bertz CT molecular complexity index is 175. The van der Waals surface area contributed by atoms with Crippen molar-refractivity contribution in [2.75, 3.05) is 19.7 Å². The van der Waals surface area contributed by atoms with Crippen LogP contribution in [-0.2, 0) is 4.79 Å². The Morgan fingerprint density at radius 2 is 1.86 bits per heavy atom. The number of unbranched alkanes of at least 4 members (excludes halogenated alkanes) is 1. The standard InChI is InChI=1S/C8H16N2O4/c11-7-2-1-5-10(9-14)6-3-4-8(12)13/h11H,1-7H2,(H,12,13). The van der Waals surface area contributed by atoms with Crippen molar-refractivity contribution in [2.24, 2.45) is 5.29 Å². The van der Waals surface area contributed by atoms with E-state index in [1.54, 1.807) is 0 Å². The summed E-state index contributed by atoms with van der Waals surface area (Å²) in [6, 6.07) is 0. The number of rotatable bonds is 9. The van der Waals surface area contributed by atoms with Gasteiger partial charge in [0.05, 0.1) is 5.29 Å². The summed E-state index contributed by atoms with van der Waals surface area (Å²) in [5, 5.41) is 20.9. The van der Waals surface area contributed by atoms with Crippen molar-refractivity contribution in [2.45, 2.75) is 25.7 Å². The summed E-state index contributed by atoms with van der Waals surface area (Å²) in [4.78, 5) is 20.4. The van der Waals surface area contributed by atoms with Crippen LogP contribution in [0.3, 0.4) is 0 Å². The number of nitroso groups, excluding NO2 is 1. The third kappa shape index (κ3) is 7.48. The maximum Gasteiger partial charge on any atom is 0.303 e. The number of aliphatic hydroxyl groups is 1. The number of hydrogen-bond acceptors (Lipinski definition) is 4. The molecule has 0 saturated heterocycles. The predicted octanol–water partition coefficient (Wildman–Crippen LogP) is 0.607. The molecule has 0 unspecified atom stereocenters. The first-order valence-corrected chi connectivity index (χ1v) is 4.61. The van der Waals surface area contributed by atoms with Gasteiger partial charge in [0.25, 0.3) is 0 Å². The molecular formula is C8H16N2O4. The lowest BCUT2D eigenvalue weighted by molar-refractivity contribution is -0.137. The molecular weight excluding hydrogens is 188 g/mol. The molecule has 0 saturated carbocycles. The molecule has 0 amide bonds. The summed E-state index contributed by atoms with van der Waals surface area (Å²) in [6.45, 7) is 0.937. The van der Waals surface area contributed by atoms with Crippen LogP contribution in [0.1, 0.15) is 25.7 Å². The fourth-order valence-electron chi connectivity index (χ4n) is 1.01. The minimum Gasteiger partial charge on any atom is -0.481 e. The molecule has 0 rings (SSSR count). The first-order valence-electron chi connectivity index (χ1n) is 4.61. The van der Waals surface area contributed by atoms with E-state index in [4.69, 9.17) is 10.2 Å². The zero-order valence-electron chi connectivity index (χ0n) is 8.06. The number of aliphatic carboxylic acids is 1. The van der Waals surface area contributed by atoms with E-state index in [9.17, 15) is 9.70 Å². The first kappa shape index (κ1) is 12.8. The summed E-state index contributed by atoms with van der Waals surface area (Å²) >= 11 is 0. The third-order valence-corrected chi connectivity index (χ3v) is 1.75. The van der Waals surface area contributed by atoms with Crippen molar-refractivity contribution in [1.29, 1.82) is 0 Å². The second-order valence-electron chi connectivity index (χ2n) is 2.96. The average molecular weight is 204 g/mol. The van der Waals surface area contributed by atoms with E-state index in [2.05, 4.69) is 5.29 Å². The van der Waals surface area contributed by atoms with Crippen molar-refractivity contribution < 1.29 is 15.0 Å². The maximum atomic E-state index is 10.2. The highest BCUT2D eigenvalue weighted by Gasteiger charge is 2.03. The molecule has 6 heteroatoms. The van der Waals surface area contributed by atoms with E-state index in [1.807, 2.05) is 0 Å². The minimum absolute atomic E-state index is 0.0476. The maximum absolute atomic E-state index is 10.2. The van der Waals surface area contributed by atoms with Crippen LogP contribution >= 0.6 is 0 Å². The molecule has 0 aromatic carbocycles. The Morgan fingerprint density at radius 3 is 2.36 bits per heavy atom. The summed E-state index contributed by atoms with van der Waals surface area (Å²) in [5.74, 6) is -0.869. The number of carboxylic acid groups (broad SMARTS) is 1. The number of aliphatic hydroxyl groups excluding tert-OH is 1. The van der Waals surface area contributed by atoms with Crippen LogP contribution in [0, 0.1) is 4.91 Å². The highest BCUT2D eigenvalue weighted by molar-refractivity contribution is 5.66. The zero-order valence-corrected chi connectivity index (χ0v) is 8.06. The van der Waals surface area contributed by atoms with Crippen LogP contribution in [0.4, 0.5) is 0 Å². The molecule has 2 N–H and O–H groups in total. The van der Waals surface area contributed by atoms with Crippen LogP contribution in [0.15, 0.2) is 5.29 Å². The summed E-state index contributed by atoms with van der Waals surface area (Å²) in [6.07, 6.45) is 1.78. The Balaban J connectivity index is 3.47. The third-order valence-electron chi connectivity index (χ3n) is 1.75. The molecule has 6 nitrogen and oxygen atoms in total. The van der Waals surface area contributed by atoms with E-state index in [0.29, 0.717) is 32.4 Å². The van der Waals surface area contributed by atoms with Gasteiger partial charge in [-0.1, -0.05) is 0 Å².